The molecule has 2 rings (SSSR count). The van der Waals surface area contributed by atoms with Gasteiger partial charge in [-0.25, -0.2) is 0 Å². The maximum Gasteiger partial charge on any atom is 0.222 e. The van der Waals surface area contributed by atoms with Crippen molar-refractivity contribution in [3.63, 3.8) is 0 Å². The average Bonchev–Trinajstić information content (AvgIpc) is 2.59. The Morgan fingerprint density at radius 1 is 1.20 bits per heavy atom. The van der Waals surface area contributed by atoms with Gasteiger partial charge in [0.05, 0.1) is 0 Å². The SMILES string of the molecule is CC(C)(C)C1CCC(=O)N(CCC2CCCCN2)CC1. The molecule has 0 aromatic heterocycles. The highest BCUT2D eigenvalue weighted by Gasteiger charge is 2.30. The van der Waals surface area contributed by atoms with Crippen LogP contribution in [0.3, 0.4) is 0 Å². The number of rotatable bonds is 3. The van der Waals surface area contributed by atoms with Crippen molar-refractivity contribution in [3.8, 4) is 0 Å². The Bertz CT molecular complexity index is 315. The summed E-state index contributed by atoms with van der Waals surface area (Å²) in [6.45, 7) is 10.0. The molecule has 3 heteroatoms. The first-order valence-corrected chi connectivity index (χ1v) is 8.48. The fourth-order valence-corrected chi connectivity index (χ4v) is 3.62. The van der Waals surface area contributed by atoms with Gasteiger partial charge in [-0.15, -0.1) is 0 Å². The zero-order valence-electron chi connectivity index (χ0n) is 13.6. The molecule has 0 saturated carbocycles. The van der Waals surface area contributed by atoms with Crippen LogP contribution < -0.4 is 5.32 Å². The summed E-state index contributed by atoms with van der Waals surface area (Å²) in [5, 5.41) is 3.58. The number of hydrogen-bond acceptors (Lipinski definition) is 2. The van der Waals surface area contributed by atoms with Crippen molar-refractivity contribution >= 4 is 5.91 Å². The lowest BCUT2D eigenvalue weighted by Crippen LogP contribution is -2.39. The van der Waals surface area contributed by atoms with E-state index in [-0.39, 0.29) is 0 Å². The molecule has 2 atom stereocenters. The number of carbonyl (C=O) groups excluding carboxylic acids is 1. The summed E-state index contributed by atoms with van der Waals surface area (Å²) in [7, 11) is 0. The lowest BCUT2D eigenvalue weighted by Gasteiger charge is -2.30. The minimum absolute atomic E-state index is 0.335. The molecule has 0 aromatic rings. The topological polar surface area (TPSA) is 32.3 Å². The quantitative estimate of drug-likeness (QED) is 0.861. The minimum atomic E-state index is 0.335. The van der Waals surface area contributed by atoms with Gasteiger partial charge in [0.25, 0.3) is 0 Å². The Morgan fingerprint density at radius 2 is 2.00 bits per heavy atom. The Balaban J connectivity index is 1.80. The number of amides is 1. The van der Waals surface area contributed by atoms with E-state index in [1.165, 1.54) is 25.7 Å². The van der Waals surface area contributed by atoms with Gasteiger partial charge in [0.2, 0.25) is 5.91 Å². The van der Waals surface area contributed by atoms with Gasteiger partial charge in [-0.2, -0.15) is 0 Å². The third-order valence-electron chi connectivity index (χ3n) is 5.19. The van der Waals surface area contributed by atoms with Crippen LogP contribution in [0.5, 0.6) is 0 Å². The highest BCUT2D eigenvalue weighted by Crippen LogP contribution is 2.34. The molecular formula is C17H32N2O. The highest BCUT2D eigenvalue weighted by molar-refractivity contribution is 5.76. The van der Waals surface area contributed by atoms with Crippen molar-refractivity contribution in [2.24, 2.45) is 11.3 Å². The number of hydrogen-bond donors (Lipinski definition) is 1. The van der Waals surface area contributed by atoms with Gasteiger partial charge in [-0.05, 0) is 50.0 Å². The smallest absolute Gasteiger partial charge is 0.222 e. The van der Waals surface area contributed by atoms with Crippen LogP contribution in [-0.2, 0) is 4.79 Å². The maximum atomic E-state index is 12.3. The summed E-state index contributed by atoms with van der Waals surface area (Å²) in [5.41, 5.74) is 0.335. The third kappa shape index (κ3) is 4.47. The molecule has 3 nitrogen and oxygen atoms in total. The van der Waals surface area contributed by atoms with Gasteiger partial charge in [-0.3, -0.25) is 4.79 Å². The second-order valence-corrected chi connectivity index (χ2v) is 7.71. The van der Waals surface area contributed by atoms with Crippen LogP contribution in [0.15, 0.2) is 0 Å². The molecule has 2 fully saturated rings. The van der Waals surface area contributed by atoms with Crippen LogP contribution in [-0.4, -0.2) is 36.5 Å². The van der Waals surface area contributed by atoms with E-state index in [0.717, 1.165) is 38.9 Å². The van der Waals surface area contributed by atoms with Gasteiger partial charge in [0.15, 0.2) is 0 Å². The molecule has 2 aliphatic rings. The van der Waals surface area contributed by atoms with Crippen LogP contribution in [0, 0.1) is 11.3 Å². The molecule has 0 spiro atoms. The van der Waals surface area contributed by atoms with Crippen molar-refractivity contribution in [2.45, 2.75) is 71.8 Å². The number of carbonyl (C=O) groups is 1. The molecule has 2 heterocycles. The van der Waals surface area contributed by atoms with E-state index in [0.29, 0.717) is 23.3 Å². The van der Waals surface area contributed by atoms with Gasteiger partial charge < -0.3 is 10.2 Å². The molecule has 2 aliphatic heterocycles. The van der Waals surface area contributed by atoms with E-state index in [9.17, 15) is 4.79 Å². The summed E-state index contributed by atoms with van der Waals surface area (Å²) >= 11 is 0. The molecule has 1 amide bonds. The monoisotopic (exact) mass is 280 g/mol. The van der Waals surface area contributed by atoms with Crippen molar-refractivity contribution in [1.82, 2.24) is 10.2 Å². The fraction of sp³-hybridized carbons (Fsp3) is 0.941. The van der Waals surface area contributed by atoms with Crippen LogP contribution >= 0.6 is 0 Å². The average molecular weight is 280 g/mol. The second-order valence-electron chi connectivity index (χ2n) is 7.71. The predicted molar refractivity (Wildman–Crippen MR) is 83.6 cm³/mol. The van der Waals surface area contributed by atoms with E-state index < -0.39 is 0 Å². The molecule has 2 unspecified atom stereocenters. The van der Waals surface area contributed by atoms with E-state index in [2.05, 4.69) is 31.0 Å². The summed E-state index contributed by atoms with van der Waals surface area (Å²) in [4.78, 5) is 14.4. The normalized spacial score (nSPS) is 29.4. The molecule has 0 aliphatic carbocycles. The number of nitrogens with zero attached hydrogens (tertiary/aromatic N) is 1. The molecule has 20 heavy (non-hydrogen) atoms. The molecule has 0 aromatic carbocycles. The Labute approximate surface area is 124 Å². The standard InChI is InChI=1S/C17H32N2O/c1-17(2,3)14-7-8-16(20)19(12-9-14)13-10-15-6-4-5-11-18-15/h14-15,18H,4-13H2,1-3H3. The van der Waals surface area contributed by atoms with Crippen LogP contribution in [0.4, 0.5) is 0 Å². The van der Waals surface area contributed by atoms with Crippen LogP contribution in [0.2, 0.25) is 0 Å². The number of likely N-dealkylation sites (tertiary alicyclic amines) is 1. The number of piperidine rings is 1. The van der Waals surface area contributed by atoms with Gasteiger partial charge in [0, 0.05) is 25.6 Å². The molecule has 0 radical (unpaired) electrons. The summed E-state index contributed by atoms with van der Waals surface area (Å²) in [6, 6.07) is 0.637. The summed E-state index contributed by atoms with van der Waals surface area (Å²) < 4.78 is 0. The lowest BCUT2D eigenvalue weighted by molar-refractivity contribution is -0.130. The maximum absolute atomic E-state index is 12.3. The predicted octanol–water partition coefficient (Wildman–Crippen LogP) is 3.19. The minimum Gasteiger partial charge on any atom is -0.343 e. The molecular weight excluding hydrogens is 248 g/mol. The first kappa shape index (κ1) is 15.8. The third-order valence-corrected chi connectivity index (χ3v) is 5.19. The van der Waals surface area contributed by atoms with Crippen molar-refractivity contribution in [2.75, 3.05) is 19.6 Å². The Morgan fingerprint density at radius 3 is 2.65 bits per heavy atom. The first-order valence-electron chi connectivity index (χ1n) is 8.48. The van der Waals surface area contributed by atoms with Gasteiger partial charge >= 0.3 is 0 Å². The van der Waals surface area contributed by atoms with E-state index in [1.807, 2.05) is 0 Å². The van der Waals surface area contributed by atoms with Crippen molar-refractivity contribution < 1.29 is 4.79 Å². The molecule has 0 bridgehead atoms. The first-order chi connectivity index (χ1) is 9.47. The Hall–Kier alpha value is -0.570. The fourth-order valence-electron chi connectivity index (χ4n) is 3.62. The highest BCUT2D eigenvalue weighted by atomic mass is 16.2. The van der Waals surface area contributed by atoms with E-state index in [1.54, 1.807) is 0 Å². The van der Waals surface area contributed by atoms with Crippen molar-refractivity contribution in [3.05, 3.63) is 0 Å². The van der Waals surface area contributed by atoms with Gasteiger partial charge in [-0.1, -0.05) is 27.2 Å². The zero-order chi connectivity index (χ0) is 14.6. The second kappa shape index (κ2) is 6.93. The Kier molecular flexibility index (Phi) is 5.48. The van der Waals surface area contributed by atoms with Gasteiger partial charge in [0.1, 0.15) is 0 Å². The zero-order valence-corrected chi connectivity index (χ0v) is 13.6. The summed E-state index contributed by atoms with van der Waals surface area (Å²) in [6.07, 6.45) is 8.07. The summed E-state index contributed by atoms with van der Waals surface area (Å²) in [5.74, 6) is 1.07. The molecule has 2 saturated heterocycles. The largest absolute Gasteiger partial charge is 0.343 e. The molecule has 1 N–H and O–H groups in total. The van der Waals surface area contributed by atoms with Crippen molar-refractivity contribution in [1.29, 1.82) is 0 Å². The lowest BCUT2D eigenvalue weighted by atomic mass is 9.77. The van der Waals surface area contributed by atoms with Crippen LogP contribution in [0.1, 0.15) is 65.7 Å². The number of nitrogens with one attached hydrogen (secondary N) is 1. The molecule has 116 valence electrons. The van der Waals surface area contributed by atoms with E-state index >= 15 is 0 Å². The van der Waals surface area contributed by atoms with E-state index in [4.69, 9.17) is 0 Å². The van der Waals surface area contributed by atoms with Crippen LogP contribution in [0.25, 0.3) is 0 Å².